The number of aromatic nitrogens is 1. The number of hydrogen-bond donors (Lipinski definition) is 1. The van der Waals surface area contributed by atoms with E-state index in [1.165, 1.54) is 6.08 Å². The van der Waals surface area contributed by atoms with E-state index in [4.69, 9.17) is 9.15 Å². The Balaban J connectivity index is 1.74. The molecule has 2 heterocycles. The van der Waals surface area contributed by atoms with Crippen molar-refractivity contribution >= 4 is 33.7 Å². The van der Waals surface area contributed by atoms with E-state index in [0.29, 0.717) is 23.4 Å². The molecule has 6 nitrogen and oxygen atoms in total. The van der Waals surface area contributed by atoms with Crippen molar-refractivity contribution in [3.63, 3.8) is 0 Å². The highest BCUT2D eigenvalue weighted by Crippen LogP contribution is 2.28. The molecule has 0 atom stereocenters. The summed E-state index contributed by atoms with van der Waals surface area (Å²) >= 11 is 0. The predicted molar refractivity (Wildman–Crippen MR) is 124 cm³/mol. The average molecular weight is 429 g/mol. The largest absolute Gasteiger partial charge is 0.506 e. The molecular weight excluding hydrogens is 406 g/mol. The summed E-state index contributed by atoms with van der Waals surface area (Å²) in [7, 11) is 0. The highest BCUT2D eigenvalue weighted by molar-refractivity contribution is 6.10. The lowest BCUT2D eigenvalue weighted by Crippen LogP contribution is -2.12. The average Bonchev–Trinajstić information content (AvgIpc) is 2.78. The first kappa shape index (κ1) is 21.3. The van der Waals surface area contributed by atoms with Gasteiger partial charge in [-0.25, -0.2) is 9.78 Å². The van der Waals surface area contributed by atoms with Crippen molar-refractivity contribution in [1.29, 1.82) is 0 Å². The van der Waals surface area contributed by atoms with Gasteiger partial charge in [0.25, 0.3) is 0 Å². The van der Waals surface area contributed by atoms with Crippen molar-refractivity contribution in [1.82, 2.24) is 4.98 Å². The fourth-order valence-electron chi connectivity index (χ4n) is 3.49. The van der Waals surface area contributed by atoms with E-state index < -0.39 is 22.7 Å². The number of carbonyl (C=O) groups is 1. The second-order valence-corrected chi connectivity index (χ2v) is 7.54. The van der Waals surface area contributed by atoms with Crippen molar-refractivity contribution in [3.05, 3.63) is 81.7 Å². The number of para-hydroxylation sites is 2. The fourth-order valence-corrected chi connectivity index (χ4v) is 3.49. The first-order chi connectivity index (χ1) is 15.5. The molecule has 0 bridgehead atoms. The van der Waals surface area contributed by atoms with E-state index >= 15 is 0 Å². The summed E-state index contributed by atoms with van der Waals surface area (Å²) in [6.45, 7) is 4.55. The van der Waals surface area contributed by atoms with Gasteiger partial charge in [0.2, 0.25) is 5.88 Å². The third kappa shape index (κ3) is 4.12. The van der Waals surface area contributed by atoms with Crippen LogP contribution in [0.25, 0.3) is 27.9 Å². The van der Waals surface area contributed by atoms with Crippen molar-refractivity contribution in [2.45, 2.75) is 26.7 Å². The SMILES string of the molecule is CCCCOc1nc2c(C)cccc2cc1/C=C/C(=O)c1c(O)c2ccccc2oc1=O. The van der Waals surface area contributed by atoms with E-state index in [0.717, 1.165) is 29.3 Å². The van der Waals surface area contributed by atoms with Gasteiger partial charge in [-0.3, -0.25) is 4.79 Å². The number of rotatable bonds is 7. The van der Waals surface area contributed by atoms with Gasteiger partial charge in [-0.15, -0.1) is 0 Å². The molecule has 32 heavy (non-hydrogen) atoms. The molecule has 162 valence electrons. The Morgan fingerprint density at radius 2 is 2.00 bits per heavy atom. The summed E-state index contributed by atoms with van der Waals surface area (Å²) in [6, 6.07) is 14.3. The zero-order valence-corrected chi connectivity index (χ0v) is 17.9. The quantitative estimate of drug-likeness (QED) is 0.182. The van der Waals surface area contributed by atoms with E-state index in [2.05, 4.69) is 11.9 Å². The standard InChI is InChI=1S/C26H23NO5/c1-3-4-14-31-25-18(15-17-9-7-8-16(2)23(17)27-25)12-13-20(28)22-24(29)19-10-5-6-11-21(19)32-26(22)30/h5-13,15,29H,3-4,14H2,1-2H3/b13-12+. The number of benzene rings is 2. The van der Waals surface area contributed by atoms with Gasteiger partial charge in [0.15, 0.2) is 5.78 Å². The van der Waals surface area contributed by atoms with Gasteiger partial charge >= 0.3 is 5.63 Å². The minimum Gasteiger partial charge on any atom is -0.506 e. The first-order valence-electron chi connectivity index (χ1n) is 10.5. The van der Waals surface area contributed by atoms with Crippen molar-refractivity contribution in [2.24, 2.45) is 0 Å². The summed E-state index contributed by atoms with van der Waals surface area (Å²) in [4.78, 5) is 29.8. The van der Waals surface area contributed by atoms with Crippen LogP contribution in [-0.4, -0.2) is 22.5 Å². The Bertz CT molecular complexity index is 1400. The van der Waals surface area contributed by atoms with Gasteiger partial charge in [0.05, 0.1) is 17.5 Å². The van der Waals surface area contributed by atoms with Gasteiger partial charge in [-0.05, 0) is 49.3 Å². The van der Waals surface area contributed by atoms with Crippen LogP contribution in [0.3, 0.4) is 0 Å². The normalized spacial score (nSPS) is 11.4. The number of unbranched alkanes of at least 4 members (excludes halogenated alkanes) is 1. The third-order valence-electron chi connectivity index (χ3n) is 5.22. The lowest BCUT2D eigenvalue weighted by molar-refractivity contribution is 0.104. The van der Waals surface area contributed by atoms with Crippen molar-refractivity contribution in [3.8, 4) is 11.6 Å². The van der Waals surface area contributed by atoms with Gasteiger partial charge < -0.3 is 14.3 Å². The number of ether oxygens (including phenoxy) is 1. The second-order valence-electron chi connectivity index (χ2n) is 7.54. The zero-order valence-electron chi connectivity index (χ0n) is 17.9. The van der Waals surface area contributed by atoms with Crippen molar-refractivity contribution < 1.29 is 19.1 Å². The molecule has 6 heteroatoms. The molecule has 0 aliphatic carbocycles. The summed E-state index contributed by atoms with van der Waals surface area (Å²) < 4.78 is 11.1. The molecule has 4 aromatic rings. The molecule has 0 amide bonds. The van der Waals surface area contributed by atoms with E-state index in [1.807, 2.05) is 31.2 Å². The molecule has 0 unspecified atom stereocenters. The first-order valence-corrected chi connectivity index (χ1v) is 10.5. The van der Waals surface area contributed by atoms with Crippen LogP contribution in [0.2, 0.25) is 0 Å². The number of aryl methyl sites for hydroxylation is 1. The summed E-state index contributed by atoms with van der Waals surface area (Å²) in [5.74, 6) is -0.636. The van der Waals surface area contributed by atoms with E-state index in [1.54, 1.807) is 30.3 Å². The zero-order chi connectivity index (χ0) is 22.7. The Morgan fingerprint density at radius 3 is 2.81 bits per heavy atom. The molecular formula is C26H23NO5. The van der Waals surface area contributed by atoms with E-state index in [-0.39, 0.29) is 5.58 Å². The van der Waals surface area contributed by atoms with Crippen LogP contribution in [0.5, 0.6) is 11.6 Å². The number of ketones is 1. The number of fused-ring (bicyclic) bond motifs is 2. The van der Waals surface area contributed by atoms with Crippen LogP contribution < -0.4 is 10.4 Å². The monoisotopic (exact) mass is 429 g/mol. The van der Waals surface area contributed by atoms with Crippen molar-refractivity contribution in [2.75, 3.05) is 6.61 Å². The molecule has 0 radical (unpaired) electrons. The molecule has 2 aromatic heterocycles. The van der Waals surface area contributed by atoms with Crippen LogP contribution in [0.4, 0.5) is 0 Å². The Labute approximate surface area is 184 Å². The Morgan fingerprint density at radius 1 is 1.19 bits per heavy atom. The van der Waals surface area contributed by atoms with Gasteiger partial charge in [0.1, 0.15) is 16.9 Å². The molecule has 2 aromatic carbocycles. The Hall–Kier alpha value is -3.93. The molecule has 0 fully saturated rings. The number of carbonyl (C=O) groups excluding carboxylic acids is 1. The lowest BCUT2D eigenvalue weighted by Gasteiger charge is -2.11. The topological polar surface area (TPSA) is 89.6 Å². The number of nitrogens with zero attached hydrogens (tertiary/aromatic N) is 1. The maximum atomic E-state index is 12.8. The number of allylic oxidation sites excluding steroid dienone is 1. The van der Waals surface area contributed by atoms with Gasteiger partial charge in [-0.1, -0.05) is 43.7 Å². The summed E-state index contributed by atoms with van der Waals surface area (Å²) in [6.07, 6.45) is 4.63. The number of hydrogen-bond acceptors (Lipinski definition) is 6. The van der Waals surface area contributed by atoms with Crippen LogP contribution >= 0.6 is 0 Å². The number of aromatic hydroxyl groups is 1. The smallest absolute Gasteiger partial charge is 0.351 e. The molecule has 0 aliphatic rings. The van der Waals surface area contributed by atoms with E-state index in [9.17, 15) is 14.7 Å². The van der Waals surface area contributed by atoms with Gasteiger partial charge in [0, 0.05) is 10.9 Å². The molecule has 0 spiro atoms. The predicted octanol–water partition coefficient (Wildman–Crippen LogP) is 5.43. The third-order valence-corrected chi connectivity index (χ3v) is 5.22. The van der Waals surface area contributed by atoms with Gasteiger partial charge in [-0.2, -0.15) is 0 Å². The van der Waals surface area contributed by atoms with Crippen LogP contribution in [0, 0.1) is 6.92 Å². The Kier molecular flexibility index (Phi) is 6.03. The number of pyridine rings is 1. The minimum absolute atomic E-state index is 0.219. The van der Waals surface area contributed by atoms with Crippen LogP contribution in [-0.2, 0) is 0 Å². The lowest BCUT2D eigenvalue weighted by atomic mass is 10.1. The maximum absolute atomic E-state index is 12.8. The molecule has 0 saturated heterocycles. The molecule has 1 N–H and O–H groups in total. The maximum Gasteiger partial charge on any atom is 0.351 e. The molecule has 0 aliphatic heterocycles. The minimum atomic E-state index is -0.887. The highest BCUT2D eigenvalue weighted by Gasteiger charge is 2.19. The summed E-state index contributed by atoms with van der Waals surface area (Å²) in [5.41, 5.74) is 1.39. The van der Waals surface area contributed by atoms with Crippen LogP contribution in [0.15, 0.2) is 63.8 Å². The second kappa shape index (κ2) is 9.06. The summed E-state index contributed by atoms with van der Waals surface area (Å²) in [5, 5.41) is 11.7. The van der Waals surface area contributed by atoms with Crippen LogP contribution in [0.1, 0.15) is 41.3 Å². The fraction of sp³-hybridized carbons (Fsp3) is 0.192. The highest BCUT2D eigenvalue weighted by atomic mass is 16.5. The molecule has 4 rings (SSSR count). The molecule has 0 saturated carbocycles.